The Morgan fingerprint density at radius 1 is 1.32 bits per heavy atom. The first-order chi connectivity index (χ1) is 13.6. The zero-order chi connectivity index (χ0) is 19.7. The molecule has 4 rings (SSSR count). The molecule has 0 unspecified atom stereocenters. The average molecular weight is 382 g/mol. The van der Waals surface area contributed by atoms with Crippen molar-refractivity contribution in [1.29, 1.82) is 0 Å². The van der Waals surface area contributed by atoms with Gasteiger partial charge >= 0.3 is 0 Å². The predicted octanol–water partition coefficient (Wildman–Crippen LogP) is 2.53. The van der Waals surface area contributed by atoms with Crippen molar-refractivity contribution < 1.29 is 14.3 Å². The fraction of sp³-hybridized carbons (Fsp3) is 0.476. The van der Waals surface area contributed by atoms with E-state index in [-0.39, 0.29) is 17.9 Å². The van der Waals surface area contributed by atoms with E-state index in [1.54, 1.807) is 6.20 Å². The van der Waals surface area contributed by atoms with Crippen molar-refractivity contribution in [1.82, 2.24) is 14.7 Å². The Morgan fingerprint density at radius 2 is 2.18 bits per heavy atom. The van der Waals surface area contributed by atoms with Crippen LogP contribution in [0.15, 0.2) is 24.4 Å². The molecule has 0 saturated carbocycles. The van der Waals surface area contributed by atoms with Crippen molar-refractivity contribution in [2.45, 2.75) is 52.3 Å². The highest BCUT2D eigenvalue weighted by molar-refractivity contribution is 5.96. The van der Waals surface area contributed by atoms with Gasteiger partial charge in [-0.25, -0.2) is 0 Å². The van der Waals surface area contributed by atoms with Gasteiger partial charge in [0.2, 0.25) is 0 Å². The highest BCUT2D eigenvalue weighted by atomic mass is 16.5. The number of carbonyl (C=O) groups is 2. The van der Waals surface area contributed by atoms with Gasteiger partial charge in [-0.3, -0.25) is 14.3 Å². The fourth-order valence-corrected chi connectivity index (χ4v) is 3.96. The minimum absolute atomic E-state index is 0.0108. The van der Waals surface area contributed by atoms with Crippen molar-refractivity contribution in [3.8, 4) is 0 Å². The molecule has 1 aromatic heterocycles. The third-order valence-corrected chi connectivity index (χ3v) is 5.63. The summed E-state index contributed by atoms with van der Waals surface area (Å²) >= 11 is 0. The molecule has 1 N–H and O–H groups in total. The van der Waals surface area contributed by atoms with E-state index in [1.165, 1.54) is 5.56 Å². The summed E-state index contributed by atoms with van der Waals surface area (Å²) in [5.41, 5.74) is 4.61. The van der Waals surface area contributed by atoms with E-state index in [4.69, 9.17) is 4.74 Å². The summed E-state index contributed by atoms with van der Waals surface area (Å²) in [5.74, 6) is -0.0829. The topological polar surface area (TPSA) is 76.5 Å². The first-order valence-electron chi connectivity index (χ1n) is 9.92. The van der Waals surface area contributed by atoms with Gasteiger partial charge < -0.3 is 15.0 Å². The van der Waals surface area contributed by atoms with Crippen LogP contribution >= 0.6 is 0 Å². The number of aromatic nitrogens is 2. The van der Waals surface area contributed by atoms with E-state index in [9.17, 15) is 9.59 Å². The van der Waals surface area contributed by atoms with Crippen LogP contribution in [0.3, 0.4) is 0 Å². The summed E-state index contributed by atoms with van der Waals surface area (Å²) < 4.78 is 7.28. The van der Waals surface area contributed by atoms with Gasteiger partial charge in [-0.05, 0) is 56.4 Å². The molecule has 3 heterocycles. The summed E-state index contributed by atoms with van der Waals surface area (Å²) in [5, 5.41) is 7.24. The number of carbonyl (C=O) groups excluding carboxylic acids is 2. The van der Waals surface area contributed by atoms with Crippen LogP contribution in [0, 0.1) is 6.92 Å². The summed E-state index contributed by atoms with van der Waals surface area (Å²) in [6.07, 6.45) is 3.81. The first-order valence-corrected chi connectivity index (χ1v) is 9.92. The van der Waals surface area contributed by atoms with E-state index in [2.05, 4.69) is 10.4 Å². The number of nitrogens with one attached hydrogen (secondary N) is 1. The number of anilines is 1. The van der Waals surface area contributed by atoms with Gasteiger partial charge in [-0.15, -0.1) is 0 Å². The van der Waals surface area contributed by atoms with Crippen LogP contribution in [0.25, 0.3) is 0 Å². The zero-order valence-corrected chi connectivity index (χ0v) is 16.4. The van der Waals surface area contributed by atoms with E-state index < -0.39 is 0 Å². The van der Waals surface area contributed by atoms with Crippen molar-refractivity contribution in [2.75, 3.05) is 18.5 Å². The second kappa shape index (κ2) is 7.75. The fourth-order valence-electron chi connectivity index (χ4n) is 3.96. The second-order valence-corrected chi connectivity index (χ2v) is 7.41. The second-order valence-electron chi connectivity index (χ2n) is 7.41. The lowest BCUT2D eigenvalue weighted by atomic mass is 9.98. The van der Waals surface area contributed by atoms with Crippen LogP contribution < -0.4 is 5.32 Å². The van der Waals surface area contributed by atoms with Crippen LogP contribution in [-0.4, -0.2) is 45.8 Å². The van der Waals surface area contributed by atoms with Crippen molar-refractivity contribution in [3.05, 3.63) is 46.8 Å². The molecular weight excluding hydrogens is 356 g/mol. The lowest BCUT2D eigenvalue weighted by Gasteiger charge is -2.29. The SMILES string of the molecule is CCn1ncc(C(=O)N2CCc3ccc(NC(=O)[C@@H]4CCCO4)cc3C2)c1C. The van der Waals surface area contributed by atoms with Crippen LogP contribution in [0.1, 0.15) is 46.9 Å². The molecule has 1 aromatic carbocycles. The molecule has 2 amide bonds. The largest absolute Gasteiger partial charge is 0.368 e. The maximum atomic E-state index is 13.0. The van der Waals surface area contributed by atoms with Gasteiger partial charge in [0.1, 0.15) is 6.10 Å². The summed E-state index contributed by atoms with van der Waals surface area (Å²) in [4.78, 5) is 27.1. The molecule has 28 heavy (non-hydrogen) atoms. The third kappa shape index (κ3) is 3.54. The Balaban J connectivity index is 1.48. The van der Waals surface area contributed by atoms with Crippen molar-refractivity contribution in [3.63, 3.8) is 0 Å². The number of aryl methyl sites for hydroxylation is 1. The molecule has 2 aliphatic rings. The molecular formula is C21H26N4O3. The molecule has 7 nitrogen and oxygen atoms in total. The molecule has 0 radical (unpaired) electrons. The molecule has 1 atom stereocenters. The molecule has 148 valence electrons. The lowest BCUT2D eigenvalue weighted by molar-refractivity contribution is -0.124. The number of nitrogens with zero attached hydrogens (tertiary/aromatic N) is 3. The van der Waals surface area contributed by atoms with Crippen molar-refractivity contribution in [2.24, 2.45) is 0 Å². The van der Waals surface area contributed by atoms with Crippen molar-refractivity contribution >= 4 is 17.5 Å². The molecule has 0 spiro atoms. The number of rotatable bonds is 4. The van der Waals surface area contributed by atoms with Crippen LogP contribution in [0.5, 0.6) is 0 Å². The zero-order valence-electron chi connectivity index (χ0n) is 16.4. The van der Waals surface area contributed by atoms with E-state index in [1.807, 2.05) is 41.6 Å². The molecule has 1 fully saturated rings. The molecule has 7 heteroatoms. The minimum Gasteiger partial charge on any atom is -0.368 e. The van der Waals surface area contributed by atoms with Gasteiger partial charge in [0.05, 0.1) is 11.8 Å². The lowest BCUT2D eigenvalue weighted by Crippen LogP contribution is -2.36. The molecule has 2 aliphatic heterocycles. The highest BCUT2D eigenvalue weighted by Gasteiger charge is 2.26. The summed E-state index contributed by atoms with van der Waals surface area (Å²) in [6.45, 7) is 6.56. The minimum atomic E-state index is -0.354. The standard InChI is InChI=1S/C21H26N4O3/c1-3-25-14(2)18(12-22-25)21(27)24-9-8-15-6-7-17(11-16(15)13-24)23-20(26)19-5-4-10-28-19/h6-7,11-12,19H,3-5,8-10,13H2,1-2H3,(H,23,26)/t19-/m0/s1. The Morgan fingerprint density at radius 3 is 2.89 bits per heavy atom. The highest BCUT2D eigenvalue weighted by Crippen LogP contribution is 2.25. The Hall–Kier alpha value is -2.67. The Kier molecular flexibility index (Phi) is 5.17. The smallest absolute Gasteiger partial charge is 0.257 e. The third-order valence-electron chi connectivity index (χ3n) is 5.63. The van der Waals surface area contributed by atoms with Crippen LogP contribution in [-0.2, 0) is 29.0 Å². The number of hydrogen-bond acceptors (Lipinski definition) is 4. The van der Waals surface area contributed by atoms with E-state index in [0.29, 0.717) is 25.3 Å². The summed E-state index contributed by atoms with van der Waals surface area (Å²) in [7, 11) is 0. The number of amides is 2. The molecule has 1 saturated heterocycles. The maximum Gasteiger partial charge on any atom is 0.257 e. The number of benzene rings is 1. The summed E-state index contributed by atoms with van der Waals surface area (Å²) in [6, 6.07) is 5.95. The van der Waals surface area contributed by atoms with Crippen LogP contribution in [0.2, 0.25) is 0 Å². The van der Waals surface area contributed by atoms with Crippen LogP contribution in [0.4, 0.5) is 5.69 Å². The predicted molar refractivity (Wildman–Crippen MR) is 105 cm³/mol. The monoisotopic (exact) mass is 382 g/mol. The van der Waals surface area contributed by atoms with Gasteiger partial charge in [0.15, 0.2) is 0 Å². The normalized spacial score (nSPS) is 18.8. The number of fused-ring (bicyclic) bond motifs is 1. The average Bonchev–Trinajstić information content (AvgIpc) is 3.36. The number of ether oxygens (including phenoxy) is 1. The van der Waals surface area contributed by atoms with Gasteiger partial charge in [0, 0.05) is 37.6 Å². The molecule has 2 aromatic rings. The first kappa shape index (κ1) is 18.7. The van der Waals surface area contributed by atoms with Gasteiger partial charge in [0.25, 0.3) is 11.8 Å². The quantitative estimate of drug-likeness (QED) is 0.882. The molecule has 0 bridgehead atoms. The maximum absolute atomic E-state index is 13.0. The number of hydrogen-bond donors (Lipinski definition) is 1. The Bertz CT molecular complexity index is 899. The van der Waals surface area contributed by atoms with Gasteiger partial charge in [-0.2, -0.15) is 5.10 Å². The van der Waals surface area contributed by atoms with Gasteiger partial charge in [-0.1, -0.05) is 6.07 Å². The van der Waals surface area contributed by atoms with E-state index in [0.717, 1.165) is 42.8 Å². The molecule has 0 aliphatic carbocycles. The Labute approximate surface area is 164 Å². The van der Waals surface area contributed by atoms with E-state index >= 15 is 0 Å².